The number of ether oxygens (including phenoxy) is 1. The largest absolute Gasteiger partial charge is 0.492 e. The lowest BCUT2D eigenvalue weighted by atomic mass is 10.1. The monoisotopic (exact) mass is 443 g/mol. The van der Waals surface area contributed by atoms with Gasteiger partial charge in [-0.25, -0.2) is 0 Å². The number of benzene rings is 3. The number of rotatable bonds is 6. The van der Waals surface area contributed by atoms with Gasteiger partial charge in [0.1, 0.15) is 5.75 Å². The highest BCUT2D eigenvalue weighted by molar-refractivity contribution is 14.1. The van der Waals surface area contributed by atoms with Crippen LogP contribution in [0.4, 0.5) is 5.69 Å². The molecule has 3 aromatic carbocycles. The molecule has 0 unspecified atom stereocenters. The molecule has 0 aliphatic rings. The van der Waals surface area contributed by atoms with Gasteiger partial charge in [0, 0.05) is 15.7 Å². The first kappa shape index (κ1) is 17.5. The minimum Gasteiger partial charge on any atom is -0.492 e. The summed E-state index contributed by atoms with van der Waals surface area (Å²) in [6, 6.07) is 25.2. The number of amides is 1. The van der Waals surface area contributed by atoms with Gasteiger partial charge in [-0.15, -0.1) is 0 Å². The van der Waals surface area contributed by atoms with Crippen molar-refractivity contribution in [2.24, 2.45) is 0 Å². The first-order valence-electron chi connectivity index (χ1n) is 8.05. The summed E-state index contributed by atoms with van der Waals surface area (Å²) in [6.07, 6.45) is 0.800. The predicted molar refractivity (Wildman–Crippen MR) is 109 cm³/mol. The molecule has 126 valence electrons. The van der Waals surface area contributed by atoms with E-state index in [2.05, 4.69) is 40.0 Å². The lowest BCUT2D eigenvalue weighted by Crippen LogP contribution is -2.14. The van der Waals surface area contributed by atoms with Gasteiger partial charge in [-0.05, 0) is 64.6 Å². The number of para-hydroxylation sites is 1. The van der Waals surface area contributed by atoms with Gasteiger partial charge in [0.15, 0.2) is 0 Å². The summed E-state index contributed by atoms with van der Waals surface area (Å²) in [6.45, 7) is 0.526. The molecule has 0 bridgehead atoms. The summed E-state index contributed by atoms with van der Waals surface area (Å²) >= 11 is 2.23. The molecule has 0 heterocycles. The van der Waals surface area contributed by atoms with Crippen LogP contribution < -0.4 is 10.1 Å². The van der Waals surface area contributed by atoms with E-state index < -0.39 is 0 Å². The summed E-state index contributed by atoms with van der Waals surface area (Å²) in [7, 11) is 0. The van der Waals surface area contributed by atoms with E-state index in [1.54, 1.807) is 6.07 Å². The summed E-state index contributed by atoms with van der Waals surface area (Å²) in [5, 5.41) is 2.91. The number of carbonyl (C=O) groups excluding carboxylic acids is 1. The number of anilines is 1. The molecular formula is C21H18INO2. The molecule has 0 atom stereocenters. The van der Waals surface area contributed by atoms with Crippen molar-refractivity contribution in [3.63, 3.8) is 0 Å². The molecule has 1 amide bonds. The topological polar surface area (TPSA) is 38.3 Å². The van der Waals surface area contributed by atoms with Gasteiger partial charge < -0.3 is 10.1 Å². The van der Waals surface area contributed by atoms with E-state index in [9.17, 15) is 4.79 Å². The smallest absolute Gasteiger partial charge is 0.259 e. The van der Waals surface area contributed by atoms with Gasteiger partial charge in [0.2, 0.25) is 0 Å². The van der Waals surface area contributed by atoms with Crippen molar-refractivity contribution < 1.29 is 9.53 Å². The molecule has 1 N–H and O–H groups in total. The Kier molecular flexibility index (Phi) is 6.06. The average Bonchev–Trinajstić information content (AvgIpc) is 2.65. The standard InChI is InChI=1S/C21H18INO2/c22-17-10-12-18(13-11-17)23-21(24)19-8-4-5-9-20(19)25-15-14-16-6-2-1-3-7-16/h1-13H,14-15H2,(H,23,24). The first-order valence-corrected chi connectivity index (χ1v) is 9.13. The van der Waals surface area contributed by atoms with Gasteiger partial charge >= 0.3 is 0 Å². The Bertz CT molecular complexity index is 832. The molecule has 25 heavy (non-hydrogen) atoms. The van der Waals surface area contributed by atoms with Crippen LogP contribution in [0.25, 0.3) is 0 Å². The van der Waals surface area contributed by atoms with Gasteiger partial charge in [-0.2, -0.15) is 0 Å². The minimum absolute atomic E-state index is 0.170. The molecule has 0 fully saturated rings. The third kappa shape index (κ3) is 5.06. The number of halogens is 1. The van der Waals surface area contributed by atoms with Crippen molar-refractivity contribution in [2.75, 3.05) is 11.9 Å². The zero-order valence-electron chi connectivity index (χ0n) is 13.6. The highest BCUT2D eigenvalue weighted by Crippen LogP contribution is 2.20. The van der Waals surface area contributed by atoms with E-state index >= 15 is 0 Å². The van der Waals surface area contributed by atoms with Crippen LogP contribution in [0.1, 0.15) is 15.9 Å². The number of nitrogens with one attached hydrogen (secondary N) is 1. The van der Waals surface area contributed by atoms with Gasteiger partial charge in [-0.1, -0.05) is 42.5 Å². The summed E-state index contributed by atoms with van der Waals surface area (Å²) in [5.41, 5.74) is 2.52. The Morgan fingerprint density at radius 2 is 1.56 bits per heavy atom. The van der Waals surface area contributed by atoms with Crippen molar-refractivity contribution in [1.29, 1.82) is 0 Å². The van der Waals surface area contributed by atoms with Crippen molar-refractivity contribution in [2.45, 2.75) is 6.42 Å². The third-order valence-electron chi connectivity index (χ3n) is 3.72. The quantitative estimate of drug-likeness (QED) is 0.535. The molecule has 0 saturated heterocycles. The Morgan fingerprint density at radius 3 is 2.32 bits per heavy atom. The van der Waals surface area contributed by atoms with E-state index in [0.717, 1.165) is 15.7 Å². The lowest BCUT2D eigenvalue weighted by Gasteiger charge is -2.12. The highest BCUT2D eigenvalue weighted by Gasteiger charge is 2.12. The minimum atomic E-state index is -0.170. The predicted octanol–water partition coefficient (Wildman–Crippen LogP) is 5.17. The zero-order chi connectivity index (χ0) is 17.5. The second-order valence-electron chi connectivity index (χ2n) is 5.54. The maximum Gasteiger partial charge on any atom is 0.259 e. The second kappa shape index (κ2) is 8.67. The maximum atomic E-state index is 12.6. The molecule has 0 spiro atoms. The fourth-order valence-electron chi connectivity index (χ4n) is 2.44. The van der Waals surface area contributed by atoms with Crippen molar-refractivity contribution in [3.05, 3.63) is 93.6 Å². The fourth-order valence-corrected chi connectivity index (χ4v) is 2.79. The van der Waals surface area contributed by atoms with Crippen LogP contribution in [-0.4, -0.2) is 12.5 Å². The number of carbonyl (C=O) groups is 1. The second-order valence-corrected chi connectivity index (χ2v) is 6.79. The van der Waals surface area contributed by atoms with Crippen molar-refractivity contribution in [3.8, 4) is 5.75 Å². The van der Waals surface area contributed by atoms with Crippen LogP contribution in [0.15, 0.2) is 78.9 Å². The Labute approximate surface area is 161 Å². The fraction of sp³-hybridized carbons (Fsp3) is 0.0952. The van der Waals surface area contributed by atoms with Crippen molar-refractivity contribution in [1.82, 2.24) is 0 Å². The SMILES string of the molecule is O=C(Nc1ccc(I)cc1)c1ccccc1OCCc1ccccc1. The molecule has 0 aromatic heterocycles. The lowest BCUT2D eigenvalue weighted by molar-refractivity contribution is 0.102. The van der Waals surface area contributed by atoms with Crippen LogP contribution >= 0.6 is 22.6 Å². The molecule has 4 heteroatoms. The van der Waals surface area contributed by atoms with E-state index in [1.807, 2.05) is 60.7 Å². The molecule has 0 aliphatic heterocycles. The van der Waals surface area contributed by atoms with Crippen molar-refractivity contribution >= 4 is 34.2 Å². The first-order chi connectivity index (χ1) is 12.2. The molecule has 3 rings (SSSR count). The summed E-state index contributed by atoms with van der Waals surface area (Å²) < 4.78 is 6.98. The van der Waals surface area contributed by atoms with E-state index in [1.165, 1.54) is 5.56 Å². The zero-order valence-corrected chi connectivity index (χ0v) is 15.8. The third-order valence-corrected chi connectivity index (χ3v) is 4.44. The normalized spacial score (nSPS) is 10.3. The van der Waals surface area contributed by atoms with Crippen LogP contribution in [0.5, 0.6) is 5.75 Å². The average molecular weight is 443 g/mol. The maximum absolute atomic E-state index is 12.6. The van der Waals surface area contributed by atoms with Gasteiger partial charge in [0.25, 0.3) is 5.91 Å². The molecule has 0 saturated carbocycles. The highest BCUT2D eigenvalue weighted by atomic mass is 127. The van der Waals surface area contributed by atoms with Gasteiger partial charge in [0.05, 0.1) is 12.2 Å². The molecule has 3 aromatic rings. The van der Waals surface area contributed by atoms with Crippen LogP contribution in [0.3, 0.4) is 0 Å². The van der Waals surface area contributed by atoms with Gasteiger partial charge in [-0.3, -0.25) is 4.79 Å². The molecule has 3 nitrogen and oxygen atoms in total. The summed E-state index contributed by atoms with van der Waals surface area (Å²) in [4.78, 5) is 12.6. The van der Waals surface area contributed by atoms with E-state index in [0.29, 0.717) is 17.9 Å². The van der Waals surface area contributed by atoms with E-state index in [-0.39, 0.29) is 5.91 Å². The molecule has 0 aliphatic carbocycles. The molecular weight excluding hydrogens is 425 g/mol. The summed E-state index contributed by atoms with van der Waals surface area (Å²) in [5.74, 6) is 0.429. The van der Waals surface area contributed by atoms with Crippen LogP contribution in [0, 0.1) is 3.57 Å². The Balaban J connectivity index is 1.65. The van der Waals surface area contributed by atoms with Crippen LogP contribution in [0.2, 0.25) is 0 Å². The Morgan fingerprint density at radius 1 is 0.880 bits per heavy atom. The number of hydrogen-bond acceptors (Lipinski definition) is 2. The van der Waals surface area contributed by atoms with Crippen LogP contribution in [-0.2, 0) is 6.42 Å². The van der Waals surface area contributed by atoms with E-state index in [4.69, 9.17) is 4.74 Å². The Hall–Kier alpha value is -2.34. The molecule has 0 radical (unpaired) electrons. The number of hydrogen-bond donors (Lipinski definition) is 1.